The Morgan fingerprint density at radius 3 is 2.48 bits per heavy atom. The van der Waals surface area contributed by atoms with Crippen molar-refractivity contribution in [2.75, 3.05) is 18.4 Å². The number of hydrogen-bond acceptors (Lipinski definition) is 4. The number of amides is 2. The lowest BCUT2D eigenvalue weighted by molar-refractivity contribution is 0.0725. The van der Waals surface area contributed by atoms with Crippen molar-refractivity contribution in [1.29, 1.82) is 0 Å². The van der Waals surface area contributed by atoms with Crippen molar-refractivity contribution in [3.05, 3.63) is 58.1 Å². The lowest BCUT2D eigenvalue weighted by Gasteiger charge is -2.27. The van der Waals surface area contributed by atoms with Crippen molar-refractivity contribution in [2.45, 2.75) is 39.2 Å². The van der Waals surface area contributed by atoms with Gasteiger partial charge in [-0.1, -0.05) is 28.1 Å². The van der Waals surface area contributed by atoms with Crippen molar-refractivity contribution in [2.24, 2.45) is 0 Å². The molecule has 0 radical (unpaired) electrons. The van der Waals surface area contributed by atoms with Crippen molar-refractivity contribution in [1.82, 2.24) is 10.2 Å². The SMILES string of the molecule is CC(C)Oc1ccc(Br)cc1C(=O)NC(=S)Nc1ccccc1C(=O)N1CCCCC1. The molecule has 0 bridgehead atoms. The molecule has 1 heterocycles. The number of hydrogen-bond donors (Lipinski definition) is 2. The Kier molecular flexibility index (Phi) is 8.03. The van der Waals surface area contributed by atoms with Crippen LogP contribution in [0.3, 0.4) is 0 Å². The van der Waals surface area contributed by atoms with E-state index in [0.29, 0.717) is 22.6 Å². The van der Waals surface area contributed by atoms with Gasteiger partial charge < -0.3 is 15.0 Å². The number of ether oxygens (including phenoxy) is 1. The number of halogens is 1. The van der Waals surface area contributed by atoms with Crippen LogP contribution in [-0.2, 0) is 0 Å². The summed E-state index contributed by atoms with van der Waals surface area (Å²) >= 11 is 8.75. The van der Waals surface area contributed by atoms with Crippen LogP contribution in [0, 0.1) is 0 Å². The van der Waals surface area contributed by atoms with Gasteiger partial charge in [0.05, 0.1) is 22.9 Å². The summed E-state index contributed by atoms with van der Waals surface area (Å²) in [6.07, 6.45) is 3.11. The molecule has 2 aromatic rings. The molecule has 1 fully saturated rings. The molecule has 0 unspecified atom stereocenters. The van der Waals surface area contributed by atoms with E-state index < -0.39 is 5.91 Å². The van der Waals surface area contributed by atoms with E-state index in [2.05, 4.69) is 26.6 Å². The van der Waals surface area contributed by atoms with Gasteiger partial charge in [0.2, 0.25) is 0 Å². The second-order valence-corrected chi connectivity index (χ2v) is 8.94. The predicted octanol–water partition coefficient (Wildman–Crippen LogP) is 4.99. The largest absolute Gasteiger partial charge is 0.490 e. The molecule has 0 aromatic heterocycles. The summed E-state index contributed by atoms with van der Waals surface area (Å²) in [4.78, 5) is 27.7. The zero-order chi connectivity index (χ0) is 22.4. The molecule has 1 aliphatic rings. The van der Waals surface area contributed by atoms with E-state index in [-0.39, 0.29) is 17.1 Å². The van der Waals surface area contributed by atoms with Gasteiger partial charge in [-0.2, -0.15) is 0 Å². The fourth-order valence-electron chi connectivity index (χ4n) is 3.41. The molecule has 2 aromatic carbocycles. The molecule has 164 valence electrons. The first-order valence-electron chi connectivity index (χ1n) is 10.3. The molecule has 8 heteroatoms. The number of piperidine rings is 1. The number of rotatable bonds is 5. The van der Waals surface area contributed by atoms with Gasteiger partial charge in [-0.3, -0.25) is 14.9 Å². The molecule has 2 amide bonds. The number of para-hydroxylation sites is 1. The van der Waals surface area contributed by atoms with Crippen LogP contribution in [0.1, 0.15) is 53.8 Å². The van der Waals surface area contributed by atoms with Gasteiger partial charge >= 0.3 is 0 Å². The molecule has 6 nitrogen and oxygen atoms in total. The summed E-state index contributed by atoms with van der Waals surface area (Å²) in [6, 6.07) is 12.4. The minimum atomic E-state index is -0.394. The average Bonchev–Trinajstić information content (AvgIpc) is 2.75. The summed E-state index contributed by atoms with van der Waals surface area (Å²) in [5.74, 6) is 0.0463. The number of carbonyl (C=O) groups excluding carboxylic acids is 2. The number of carbonyl (C=O) groups is 2. The fourth-order valence-corrected chi connectivity index (χ4v) is 3.97. The quantitative estimate of drug-likeness (QED) is 0.562. The Morgan fingerprint density at radius 1 is 1.06 bits per heavy atom. The van der Waals surface area contributed by atoms with Crippen molar-refractivity contribution in [3.8, 4) is 5.75 Å². The number of nitrogens with zero attached hydrogens (tertiary/aromatic N) is 1. The van der Waals surface area contributed by atoms with Crippen LogP contribution >= 0.6 is 28.1 Å². The molecular weight excluding hydrogens is 478 g/mol. The molecule has 3 rings (SSSR count). The highest BCUT2D eigenvalue weighted by atomic mass is 79.9. The number of nitrogens with one attached hydrogen (secondary N) is 2. The predicted molar refractivity (Wildman–Crippen MR) is 130 cm³/mol. The van der Waals surface area contributed by atoms with Crippen molar-refractivity contribution in [3.63, 3.8) is 0 Å². The van der Waals surface area contributed by atoms with Gasteiger partial charge in [-0.05, 0) is 75.7 Å². The third-order valence-corrected chi connectivity index (χ3v) is 5.52. The standard InChI is InChI=1S/C23H26BrN3O3S/c1-15(2)30-20-11-10-16(24)14-18(20)21(28)26-23(31)25-19-9-5-4-8-17(19)22(29)27-12-6-3-7-13-27/h4-5,8-11,14-15H,3,6-7,12-13H2,1-2H3,(H2,25,26,28,31). The lowest BCUT2D eigenvalue weighted by atomic mass is 10.1. The maximum absolute atomic E-state index is 13.0. The molecular formula is C23H26BrN3O3S. The summed E-state index contributed by atoms with van der Waals surface area (Å²) < 4.78 is 6.50. The Bertz CT molecular complexity index is 974. The van der Waals surface area contributed by atoms with E-state index in [4.69, 9.17) is 17.0 Å². The summed E-state index contributed by atoms with van der Waals surface area (Å²) in [5.41, 5.74) is 1.47. The molecule has 1 saturated heterocycles. The van der Waals surface area contributed by atoms with Crippen LogP contribution in [-0.4, -0.2) is 41.0 Å². The van der Waals surface area contributed by atoms with Gasteiger partial charge in [0.1, 0.15) is 5.75 Å². The van der Waals surface area contributed by atoms with E-state index in [1.54, 1.807) is 24.3 Å². The first-order chi connectivity index (χ1) is 14.8. The Hall–Kier alpha value is -2.45. The fraction of sp³-hybridized carbons (Fsp3) is 0.348. The molecule has 1 aliphatic heterocycles. The monoisotopic (exact) mass is 503 g/mol. The second kappa shape index (κ2) is 10.7. The van der Waals surface area contributed by atoms with E-state index in [1.165, 1.54) is 0 Å². The Morgan fingerprint density at radius 2 is 1.77 bits per heavy atom. The van der Waals surface area contributed by atoms with Crippen LogP contribution < -0.4 is 15.4 Å². The zero-order valence-corrected chi connectivity index (χ0v) is 20.0. The highest BCUT2D eigenvalue weighted by Crippen LogP contribution is 2.25. The van der Waals surface area contributed by atoms with Gasteiger partial charge in [0, 0.05) is 17.6 Å². The van der Waals surface area contributed by atoms with Gasteiger partial charge in [0.15, 0.2) is 5.11 Å². The molecule has 31 heavy (non-hydrogen) atoms. The van der Waals surface area contributed by atoms with Gasteiger partial charge in [-0.25, -0.2) is 0 Å². The van der Waals surface area contributed by atoms with E-state index >= 15 is 0 Å². The molecule has 0 atom stereocenters. The summed E-state index contributed by atoms with van der Waals surface area (Å²) in [5, 5.41) is 5.80. The normalized spacial score (nSPS) is 13.6. The minimum Gasteiger partial charge on any atom is -0.490 e. The van der Waals surface area contributed by atoms with Gasteiger partial charge in [0.25, 0.3) is 11.8 Å². The van der Waals surface area contributed by atoms with E-state index in [1.807, 2.05) is 36.9 Å². The topological polar surface area (TPSA) is 70.7 Å². The third kappa shape index (κ3) is 6.27. The lowest BCUT2D eigenvalue weighted by Crippen LogP contribution is -2.37. The zero-order valence-electron chi connectivity index (χ0n) is 17.6. The highest BCUT2D eigenvalue weighted by molar-refractivity contribution is 9.10. The van der Waals surface area contributed by atoms with Crippen molar-refractivity contribution >= 4 is 50.8 Å². The van der Waals surface area contributed by atoms with Gasteiger partial charge in [-0.15, -0.1) is 0 Å². The average molecular weight is 504 g/mol. The Balaban J connectivity index is 1.73. The minimum absolute atomic E-state index is 0.0310. The highest BCUT2D eigenvalue weighted by Gasteiger charge is 2.21. The van der Waals surface area contributed by atoms with Crippen LogP contribution in [0.25, 0.3) is 0 Å². The molecule has 0 saturated carbocycles. The Labute approximate surface area is 196 Å². The van der Waals surface area contributed by atoms with Crippen LogP contribution in [0.2, 0.25) is 0 Å². The first kappa shape index (κ1) is 23.2. The van der Waals surface area contributed by atoms with Crippen LogP contribution in [0.5, 0.6) is 5.75 Å². The number of thiocarbonyl (C=S) groups is 1. The van der Waals surface area contributed by atoms with E-state index in [0.717, 1.165) is 36.8 Å². The first-order valence-corrected chi connectivity index (χ1v) is 11.5. The van der Waals surface area contributed by atoms with Crippen LogP contribution in [0.4, 0.5) is 5.69 Å². The molecule has 0 aliphatic carbocycles. The number of anilines is 1. The van der Waals surface area contributed by atoms with Crippen LogP contribution in [0.15, 0.2) is 46.9 Å². The third-order valence-electron chi connectivity index (χ3n) is 4.82. The molecule has 0 spiro atoms. The maximum Gasteiger partial charge on any atom is 0.261 e. The molecule has 2 N–H and O–H groups in total. The smallest absolute Gasteiger partial charge is 0.261 e. The summed E-state index contributed by atoms with van der Waals surface area (Å²) in [6.45, 7) is 5.31. The second-order valence-electron chi connectivity index (χ2n) is 7.61. The van der Waals surface area contributed by atoms with Crippen molar-refractivity contribution < 1.29 is 14.3 Å². The van der Waals surface area contributed by atoms with E-state index in [9.17, 15) is 9.59 Å². The maximum atomic E-state index is 13.0. The number of likely N-dealkylation sites (tertiary alicyclic amines) is 1. The number of benzene rings is 2. The summed E-state index contributed by atoms with van der Waals surface area (Å²) in [7, 11) is 0.